The lowest BCUT2D eigenvalue weighted by Gasteiger charge is -2.14. The van der Waals surface area contributed by atoms with Crippen LogP contribution >= 0.6 is 0 Å². The summed E-state index contributed by atoms with van der Waals surface area (Å²) in [6, 6.07) is 10.1. The zero-order valence-corrected chi connectivity index (χ0v) is 14.4. The monoisotopic (exact) mass is 301 g/mol. The Labute approximate surface area is 137 Å². The van der Waals surface area contributed by atoms with E-state index in [0.29, 0.717) is 18.6 Å². The van der Waals surface area contributed by atoms with Crippen molar-refractivity contribution >= 4 is 5.78 Å². The lowest BCUT2D eigenvalue weighted by atomic mass is 9.89. The average Bonchev–Trinajstić information content (AvgIpc) is 2.55. The molecule has 0 fully saturated rings. The summed E-state index contributed by atoms with van der Waals surface area (Å²) in [5.41, 5.74) is 1.12. The molecule has 1 heteroatoms. The molecule has 0 aliphatic carbocycles. The van der Waals surface area contributed by atoms with Crippen molar-refractivity contribution in [3.8, 4) is 0 Å². The highest BCUT2D eigenvalue weighted by Crippen LogP contribution is 2.22. The van der Waals surface area contributed by atoms with Gasteiger partial charge < -0.3 is 0 Å². The van der Waals surface area contributed by atoms with Crippen LogP contribution in [0.2, 0.25) is 0 Å². The van der Waals surface area contributed by atoms with Crippen LogP contribution in [0.5, 0.6) is 0 Å². The molecule has 1 aromatic carbocycles. The molecule has 0 saturated carbocycles. The van der Waals surface area contributed by atoms with E-state index in [-0.39, 0.29) is 5.92 Å². The second kappa shape index (κ2) is 12.4. The van der Waals surface area contributed by atoms with Crippen molar-refractivity contribution in [3.63, 3.8) is 0 Å². The number of rotatable bonds is 13. The molecule has 0 amide bonds. The summed E-state index contributed by atoms with van der Waals surface area (Å²) >= 11 is 0. The summed E-state index contributed by atoms with van der Waals surface area (Å²) < 4.78 is 0. The van der Waals surface area contributed by atoms with Crippen LogP contribution in [0.4, 0.5) is 0 Å². The molecule has 1 aromatic rings. The number of hydrogen-bond donors (Lipinski definition) is 0. The van der Waals surface area contributed by atoms with Gasteiger partial charge in [0.05, 0.1) is 0 Å². The third-order valence-corrected chi connectivity index (χ3v) is 4.41. The van der Waals surface area contributed by atoms with Gasteiger partial charge in [0.25, 0.3) is 0 Å². The SMILES string of the molecule is [CH2]C[C@H](C(=O)CCCCCCCCCCC)c1ccccc1. The number of hydrogen-bond acceptors (Lipinski definition) is 1. The molecule has 0 aromatic heterocycles. The molecule has 1 atom stereocenters. The highest BCUT2D eigenvalue weighted by molar-refractivity contribution is 5.85. The van der Waals surface area contributed by atoms with Gasteiger partial charge in [-0.1, -0.05) is 95.5 Å². The second-order valence-electron chi connectivity index (χ2n) is 6.30. The summed E-state index contributed by atoms with van der Waals surface area (Å²) in [7, 11) is 0. The Bertz CT molecular complexity index is 382. The van der Waals surface area contributed by atoms with Crippen molar-refractivity contribution in [1.29, 1.82) is 0 Å². The Morgan fingerprint density at radius 1 is 0.909 bits per heavy atom. The van der Waals surface area contributed by atoms with E-state index in [1.54, 1.807) is 0 Å². The molecule has 0 bridgehead atoms. The van der Waals surface area contributed by atoms with E-state index in [2.05, 4.69) is 13.8 Å². The molecule has 0 aliphatic rings. The quantitative estimate of drug-likeness (QED) is 0.381. The zero-order chi connectivity index (χ0) is 16.0. The van der Waals surface area contributed by atoms with Crippen molar-refractivity contribution in [1.82, 2.24) is 0 Å². The van der Waals surface area contributed by atoms with Crippen molar-refractivity contribution in [2.45, 2.75) is 83.5 Å². The zero-order valence-electron chi connectivity index (χ0n) is 14.4. The van der Waals surface area contributed by atoms with E-state index >= 15 is 0 Å². The van der Waals surface area contributed by atoms with Gasteiger partial charge in [-0.05, 0) is 18.4 Å². The average molecular weight is 301 g/mol. The van der Waals surface area contributed by atoms with Crippen molar-refractivity contribution in [2.75, 3.05) is 0 Å². The fraction of sp³-hybridized carbons (Fsp3) is 0.619. The van der Waals surface area contributed by atoms with Crippen LogP contribution in [-0.2, 0) is 4.79 Å². The van der Waals surface area contributed by atoms with Crippen LogP contribution in [0.25, 0.3) is 0 Å². The van der Waals surface area contributed by atoms with Crippen LogP contribution in [0.1, 0.15) is 89.0 Å². The minimum atomic E-state index is -0.00440. The summed E-state index contributed by atoms with van der Waals surface area (Å²) in [6.07, 6.45) is 13.0. The first-order valence-corrected chi connectivity index (χ1v) is 9.16. The summed E-state index contributed by atoms with van der Waals surface area (Å²) in [6.45, 7) is 6.21. The smallest absolute Gasteiger partial charge is 0.140 e. The standard InChI is InChI=1S/C21H33O/c1-3-5-6-7-8-9-10-11-15-18-21(22)20(4-2)19-16-13-12-14-17-19/h12-14,16-17,20H,2-11,15,18H2,1H3/t20-/m0/s1. The minimum absolute atomic E-state index is 0.00440. The first-order valence-electron chi connectivity index (χ1n) is 9.16. The molecule has 1 radical (unpaired) electrons. The van der Waals surface area contributed by atoms with Crippen molar-refractivity contribution in [2.24, 2.45) is 0 Å². The lowest BCUT2D eigenvalue weighted by molar-refractivity contribution is -0.120. The number of carbonyl (C=O) groups excluding carboxylic acids is 1. The molecular formula is C21H33O. The first-order chi connectivity index (χ1) is 10.8. The molecule has 0 unspecified atom stereocenters. The van der Waals surface area contributed by atoms with Gasteiger partial charge in [-0.25, -0.2) is 0 Å². The van der Waals surface area contributed by atoms with E-state index < -0.39 is 0 Å². The number of unbranched alkanes of at least 4 members (excludes halogenated alkanes) is 8. The van der Waals surface area contributed by atoms with Gasteiger partial charge in [-0.2, -0.15) is 0 Å². The van der Waals surface area contributed by atoms with Gasteiger partial charge >= 0.3 is 0 Å². The van der Waals surface area contributed by atoms with E-state index in [1.165, 1.54) is 51.4 Å². The molecule has 1 rings (SSSR count). The molecule has 0 spiro atoms. The Hall–Kier alpha value is -1.11. The summed E-state index contributed by atoms with van der Waals surface area (Å²) in [5.74, 6) is 0.361. The maximum absolute atomic E-state index is 12.3. The van der Waals surface area contributed by atoms with E-state index in [9.17, 15) is 4.79 Å². The van der Waals surface area contributed by atoms with Gasteiger partial charge in [-0.15, -0.1) is 0 Å². The fourth-order valence-electron chi connectivity index (χ4n) is 2.98. The topological polar surface area (TPSA) is 17.1 Å². The number of carbonyl (C=O) groups is 1. The molecule has 22 heavy (non-hydrogen) atoms. The Balaban J connectivity index is 2.12. The lowest BCUT2D eigenvalue weighted by Crippen LogP contribution is -2.11. The molecule has 0 aliphatic heterocycles. The maximum Gasteiger partial charge on any atom is 0.140 e. The van der Waals surface area contributed by atoms with E-state index in [0.717, 1.165) is 12.0 Å². The van der Waals surface area contributed by atoms with Gasteiger partial charge in [0.1, 0.15) is 5.78 Å². The molecule has 0 heterocycles. The molecule has 0 N–H and O–H groups in total. The molecule has 1 nitrogen and oxygen atoms in total. The fourth-order valence-corrected chi connectivity index (χ4v) is 2.98. The Morgan fingerprint density at radius 3 is 2.00 bits per heavy atom. The van der Waals surface area contributed by atoms with E-state index in [4.69, 9.17) is 0 Å². The highest BCUT2D eigenvalue weighted by Gasteiger charge is 2.17. The largest absolute Gasteiger partial charge is 0.299 e. The summed E-state index contributed by atoms with van der Waals surface area (Å²) in [5, 5.41) is 0. The predicted molar refractivity (Wildman–Crippen MR) is 96.0 cm³/mol. The maximum atomic E-state index is 12.3. The van der Waals surface area contributed by atoms with Gasteiger partial charge in [0.15, 0.2) is 0 Å². The van der Waals surface area contributed by atoms with Crippen LogP contribution < -0.4 is 0 Å². The number of benzene rings is 1. The van der Waals surface area contributed by atoms with E-state index in [1.807, 2.05) is 30.3 Å². The normalized spacial score (nSPS) is 12.3. The summed E-state index contributed by atoms with van der Waals surface area (Å²) in [4.78, 5) is 12.3. The van der Waals surface area contributed by atoms with Crippen molar-refractivity contribution in [3.05, 3.63) is 42.8 Å². The molecular weight excluding hydrogens is 268 g/mol. The third kappa shape index (κ3) is 7.77. The number of ketones is 1. The highest BCUT2D eigenvalue weighted by atomic mass is 16.1. The van der Waals surface area contributed by atoms with Crippen LogP contribution in [0.15, 0.2) is 30.3 Å². The minimum Gasteiger partial charge on any atom is -0.299 e. The Kier molecular flexibility index (Phi) is 10.7. The van der Waals surface area contributed by atoms with Crippen LogP contribution in [0, 0.1) is 6.92 Å². The third-order valence-electron chi connectivity index (χ3n) is 4.41. The van der Waals surface area contributed by atoms with Crippen molar-refractivity contribution < 1.29 is 4.79 Å². The van der Waals surface area contributed by atoms with Crippen LogP contribution in [-0.4, -0.2) is 5.78 Å². The van der Waals surface area contributed by atoms with Gasteiger partial charge in [0.2, 0.25) is 0 Å². The van der Waals surface area contributed by atoms with Gasteiger partial charge in [0, 0.05) is 12.3 Å². The predicted octanol–water partition coefficient (Wildman–Crippen LogP) is 6.48. The van der Waals surface area contributed by atoms with Gasteiger partial charge in [-0.3, -0.25) is 4.79 Å². The first kappa shape index (κ1) is 18.9. The second-order valence-corrected chi connectivity index (χ2v) is 6.30. The Morgan fingerprint density at radius 2 is 1.45 bits per heavy atom. The molecule has 123 valence electrons. The number of Topliss-reactive ketones (excluding diaryl/α,β-unsaturated/α-hetero) is 1. The molecule has 0 saturated heterocycles. The van der Waals surface area contributed by atoms with Crippen LogP contribution in [0.3, 0.4) is 0 Å².